The predicted molar refractivity (Wildman–Crippen MR) is 103 cm³/mol. The lowest BCUT2D eigenvalue weighted by Crippen LogP contribution is -2.33. The molecule has 1 nitrogen and oxygen atoms in total. The second kappa shape index (κ2) is 5.51. The lowest BCUT2D eigenvalue weighted by molar-refractivity contribution is 0.329. The van der Waals surface area contributed by atoms with Crippen LogP contribution in [0.5, 0.6) is 5.75 Å². The predicted octanol–water partition coefficient (Wildman–Crippen LogP) is 6.11. The Hall–Kier alpha value is -2.02. The maximum Gasteiger partial charge on any atom is 0.123 e. The molecular weight excluding hydrogens is 292 g/mol. The van der Waals surface area contributed by atoms with Crippen LogP contribution in [-0.4, -0.2) is 5.11 Å². The fraction of sp³-hybridized carbons (Fsp3) is 0.391. The third kappa shape index (κ3) is 2.77. The number of hydrogen-bond acceptors (Lipinski definition) is 1. The summed E-state index contributed by atoms with van der Waals surface area (Å²) in [5.74, 6) is 0.338. The van der Waals surface area contributed by atoms with Crippen molar-refractivity contribution in [2.45, 2.75) is 58.3 Å². The molecule has 3 rings (SSSR count). The lowest BCUT2D eigenvalue weighted by atomic mass is 9.62. The zero-order chi connectivity index (χ0) is 17.7. The van der Waals surface area contributed by atoms with E-state index in [-0.39, 0.29) is 10.8 Å². The van der Waals surface area contributed by atoms with Crippen molar-refractivity contribution in [3.05, 3.63) is 70.8 Å². The Labute approximate surface area is 146 Å². The van der Waals surface area contributed by atoms with E-state index < -0.39 is 0 Å². The minimum absolute atomic E-state index is 0.103. The highest BCUT2D eigenvalue weighted by atomic mass is 16.3. The van der Waals surface area contributed by atoms with E-state index in [4.69, 9.17) is 0 Å². The van der Waals surface area contributed by atoms with Crippen LogP contribution in [0.25, 0.3) is 5.57 Å². The van der Waals surface area contributed by atoms with E-state index in [0.717, 1.165) is 29.5 Å². The summed E-state index contributed by atoms with van der Waals surface area (Å²) in [5.41, 5.74) is 6.87. The fourth-order valence-corrected chi connectivity index (χ4v) is 3.75. The number of benzene rings is 2. The van der Waals surface area contributed by atoms with Crippen molar-refractivity contribution in [3.63, 3.8) is 0 Å². The maximum absolute atomic E-state index is 10.7. The molecule has 0 atom stereocenters. The summed E-state index contributed by atoms with van der Waals surface area (Å²) in [7, 11) is 0. The van der Waals surface area contributed by atoms with Gasteiger partial charge in [-0.3, -0.25) is 0 Å². The monoisotopic (exact) mass is 320 g/mol. The van der Waals surface area contributed by atoms with E-state index in [2.05, 4.69) is 71.5 Å². The average molecular weight is 320 g/mol. The lowest BCUT2D eigenvalue weighted by Gasteiger charge is -2.42. The van der Waals surface area contributed by atoms with Crippen LogP contribution in [0.1, 0.15) is 68.4 Å². The molecule has 1 N–H and O–H groups in total. The second-order valence-electron chi connectivity index (χ2n) is 8.53. The molecule has 0 radical (unpaired) electrons. The molecule has 126 valence electrons. The third-order valence-electron chi connectivity index (χ3n) is 5.69. The highest BCUT2D eigenvalue weighted by Crippen LogP contribution is 2.48. The Balaban J connectivity index is 2.14. The zero-order valence-corrected chi connectivity index (χ0v) is 15.5. The molecule has 0 unspecified atom stereocenters. The molecule has 0 fully saturated rings. The van der Waals surface area contributed by atoms with Crippen molar-refractivity contribution in [2.24, 2.45) is 0 Å². The molecule has 0 saturated heterocycles. The first kappa shape index (κ1) is 16.8. The smallest absolute Gasteiger partial charge is 0.123 e. The summed E-state index contributed by atoms with van der Waals surface area (Å²) in [6.07, 6.45) is 2.30. The first-order valence-electron chi connectivity index (χ1n) is 8.76. The molecule has 0 aliphatic heterocycles. The summed E-state index contributed by atoms with van der Waals surface area (Å²) < 4.78 is 0. The van der Waals surface area contributed by atoms with Gasteiger partial charge in [-0.15, -0.1) is 0 Å². The Morgan fingerprint density at radius 3 is 1.96 bits per heavy atom. The first-order valence-corrected chi connectivity index (χ1v) is 8.76. The van der Waals surface area contributed by atoms with Crippen LogP contribution in [0.4, 0.5) is 0 Å². The topological polar surface area (TPSA) is 20.2 Å². The van der Waals surface area contributed by atoms with Gasteiger partial charge in [-0.1, -0.05) is 64.1 Å². The van der Waals surface area contributed by atoms with Gasteiger partial charge in [0.05, 0.1) is 0 Å². The molecule has 1 aliphatic carbocycles. The summed E-state index contributed by atoms with van der Waals surface area (Å²) in [6, 6.07) is 12.5. The van der Waals surface area contributed by atoms with E-state index >= 15 is 0 Å². The number of phenols is 1. The van der Waals surface area contributed by atoms with Crippen molar-refractivity contribution in [1.82, 2.24) is 0 Å². The number of rotatable bonds is 2. The van der Waals surface area contributed by atoms with Gasteiger partial charge in [-0.2, -0.15) is 0 Å². The van der Waals surface area contributed by atoms with Gasteiger partial charge in [0.1, 0.15) is 5.75 Å². The number of hydrogen-bond donors (Lipinski definition) is 1. The van der Waals surface area contributed by atoms with Crippen LogP contribution >= 0.6 is 0 Å². The van der Waals surface area contributed by atoms with Crippen LogP contribution in [0, 0.1) is 6.92 Å². The van der Waals surface area contributed by atoms with E-state index in [1.54, 1.807) is 0 Å². The first-order chi connectivity index (χ1) is 11.1. The zero-order valence-electron chi connectivity index (χ0n) is 15.5. The molecule has 2 aromatic rings. The van der Waals surface area contributed by atoms with Gasteiger partial charge >= 0.3 is 0 Å². The van der Waals surface area contributed by atoms with Crippen LogP contribution < -0.4 is 0 Å². The van der Waals surface area contributed by atoms with E-state index in [9.17, 15) is 5.11 Å². The molecule has 0 spiro atoms. The quantitative estimate of drug-likeness (QED) is 0.707. The highest BCUT2D eigenvalue weighted by Gasteiger charge is 2.37. The molecule has 2 aromatic carbocycles. The normalized spacial score (nSPS) is 18.0. The average Bonchev–Trinajstić information content (AvgIpc) is 2.52. The Morgan fingerprint density at radius 2 is 1.42 bits per heavy atom. The van der Waals surface area contributed by atoms with Gasteiger partial charge in [-0.25, -0.2) is 0 Å². The van der Waals surface area contributed by atoms with E-state index in [1.165, 1.54) is 16.7 Å². The number of fused-ring (bicyclic) bond motifs is 1. The summed E-state index contributed by atoms with van der Waals surface area (Å²) in [5, 5.41) is 10.7. The SMILES string of the molecule is C=C(c1ccc(C)cc1)c1cc2c(cc1O)C(C)(C)CCC2(C)C. The molecule has 24 heavy (non-hydrogen) atoms. The van der Waals surface area contributed by atoms with Gasteiger partial charge in [0.25, 0.3) is 0 Å². The van der Waals surface area contributed by atoms with E-state index in [0.29, 0.717) is 5.75 Å². The summed E-state index contributed by atoms with van der Waals surface area (Å²) >= 11 is 0. The number of aromatic hydroxyl groups is 1. The molecule has 0 bridgehead atoms. The Morgan fingerprint density at radius 1 is 0.917 bits per heavy atom. The Kier molecular flexibility index (Phi) is 3.86. The Bertz CT molecular complexity index is 792. The maximum atomic E-state index is 10.7. The highest BCUT2D eigenvalue weighted by molar-refractivity contribution is 5.82. The van der Waals surface area contributed by atoms with Crippen LogP contribution in [0.2, 0.25) is 0 Å². The molecule has 0 saturated carbocycles. The van der Waals surface area contributed by atoms with Crippen molar-refractivity contribution >= 4 is 5.57 Å². The summed E-state index contributed by atoms with van der Waals surface area (Å²) in [6.45, 7) is 15.5. The van der Waals surface area contributed by atoms with E-state index in [1.807, 2.05) is 6.07 Å². The van der Waals surface area contributed by atoms with Crippen molar-refractivity contribution in [1.29, 1.82) is 0 Å². The largest absolute Gasteiger partial charge is 0.507 e. The minimum Gasteiger partial charge on any atom is -0.507 e. The molecule has 0 aromatic heterocycles. The number of phenolic OH excluding ortho intramolecular Hbond substituents is 1. The minimum atomic E-state index is 0.103. The fourth-order valence-electron chi connectivity index (χ4n) is 3.75. The standard InChI is InChI=1S/C23H28O/c1-15-7-9-17(10-8-15)16(2)18-13-19-20(14-21(18)24)23(5,6)12-11-22(19,3)4/h7-10,13-14,24H,2,11-12H2,1,3-6H3. The number of aryl methyl sites for hydroxylation is 1. The second-order valence-corrected chi connectivity index (χ2v) is 8.53. The van der Waals surface area contributed by atoms with Crippen LogP contribution in [0.15, 0.2) is 43.0 Å². The molecular formula is C23H28O. The molecule has 1 aliphatic rings. The van der Waals surface area contributed by atoms with Crippen molar-refractivity contribution in [2.75, 3.05) is 0 Å². The van der Waals surface area contributed by atoms with Crippen LogP contribution in [0.3, 0.4) is 0 Å². The van der Waals surface area contributed by atoms with Gasteiger partial charge < -0.3 is 5.11 Å². The van der Waals surface area contributed by atoms with Gasteiger partial charge in [0.15, 0.2) is 0 Å². The summed E-state index contributed by atoms with van der Waals surface area (Å²) in [4.78, 5) is 0. The van der Waals surface area contributed by atoms with Gasteiger partial charge in [0.2, 0.25) is 0 Å². The molecule has 0 amide bonds. The van der Waals surface area contributed by atoms with Crippen molar-refractivity contribution in [3.8, 4) is 5.75 Å². The molecule has 0 heterocycles. The van der Waals surface area contributed by atoms with Crippen LogP contribution in [-0.2, 0) is 10.8 Å². The van der Waals surface area contributed by atoms with Gasteiger partial charge in [-0.05, 0) is 65.0 Å². The third-order valence-corrected chi connectivity index (χ3v) is 5.69. The van der Waals surface area contributed by atoms with Crippen molar-refractivity contribution < 1.29 is 5.11 Å². The van der Waals surface area contributed by atoms with Gasteiger partial charge in [0, 0.05) is 5.56 Å². The molecule has 1 heteroatoms.